The van der Waals surface area contributed by atoms with E-state index in [2.05, 4.69) is 49.3 Å². The Bertz CT molecular complexity index is 896. The Morgan fingerprint density at radius 3 is 1.39 bits per heavy atom. The fraction of sp³-hybridized carbons (Fsp3) is 0.960. The first-order chi connectivity index (χ1) is 28.9. The maximum atomic E-state index is 13.0. The van der Waals surface area contributed by atoms with E-state index in [1.807, 2.05) is 0 Å². The number of ether oxygens (including phenoxy) is 3. The van der Waals surface area contributed by atoms with Crippen LogP contribution in [0.15, 0.2) is 0 Å². The largest absolute Gasteiger partial charge is 0.461 e. The van der Waals surface area contributed by atoms with Gasteiger partial charge in [-0.2, -0.15) is 23.5 Å². The Morgan fingerprint density at radius 2 is 0.966 bits per heavy atom. The van der Waals surface area contributed by atoms with Gasteiger partial charge in [-0.15, -0.1) is 0 Å². The van der Waals surface area contributed by atoms with Crippen LogP contribution in [0.25, 0.3) is 0 Å². The first-order valence-electron chi connectivity index (χ1n) is 25.5. The highest BCUT2D eigenvalue weighted by molar-refractivity contribution is 8.00. The molecule has 0 aromatic heterocycles. The summed E-state index contributed by atoms with van der Waals surface area (Å²) in [7, 11) is 2.22. The van der Waals surface area contributed by atoms with Gasteiger partial charge in [0.25, 0.3) is 0 Å². The third-order valence-corrected chi connectivity index (χ3v) is 15.8. The van der Waals surface area contributed by atoms with Gasteiger partial charge < -0.3 is 24.2 Å². The number of unbranched alkanes of at least 4 members (excludes halogenated alkanes) is 14. The normalized spacial score (nSPS) is 17.0. The van der Waals surface area contributed by atoms with Crippen molar-refractivity contribution < 1.29 is 28.9 Å². The minimum Gasteiger partial charge on any atom is -0.461 e. The topological polar surface area (TPSA) is 85.3 Å². The third kappa shape index (κ3) is 31.1. The number of nitrogens with zero attached hydrogens (tertiary/aromatic N) is 1. The van der Waals surface area contributed by atoms with E-state index in [0.29, 0.717) is 32.1 Å². The predicted octanol–water partition coefficient (Wildman–Crippen LogP) is 13.7. The van der Waals surface area contributed by atoms with Crippen molar-refractivity contribution in [2.75, 3.05) is 44.9 Å². The Morgan fingerprint density at radius 1 is 0.559 bits per heavy atom. The van der Waals surface area contributed by atoms with Gasteiger partial charge in [-0.25, -0.2) is 0 Å². The second-order valence-electron chi connectivity index (χ2n) is 18.2. The van der Waals surface area contributed by atoms with E-state index >= 15 is 0 Å². The zero-order valence-electron chi connectivity index (χ0n) is 38.9. The molecule has 0 aliphatic heterocycles. The van der Waals surface area contributed by atoms with Gasteiger partial charge in [0.2, 0.25) is 0 Å². The number of thioether (sulfide) groups is 2. The zero-order valence-corrected chi connectivity index (χ0v) is 40.6. The predicted molar refractivity (Wildman–Crippen MR) is 255 cm³/mol. The van der Waals surface area contributed by atoms with Crippen molar-refractivity contribution in [3.05, 3.63) is 0 Å². The lowest BCUT2D eigenvalue weighted by Crippen LogP contribution is -2.34. The third-order valence-electron chi connectivity index (χ3n) is 12.8. The standard InChI is InChI=1S/C50H95NO6S2/c1-4-6-8-10-12-14-22-36-49(53)56-45(42-58-47-32-18-16-19-33-47)30-26-24-28-44(51(3)38-40-55-41-39-52)29-25-27-31-46(43-59-48-34-20-17-21-35-48)57-50(54)37-23-15-13-11-9-7-5-2/h44-48,52H,4-43H2,1-3H3. The molecule has 2 rings (SSSR count). The van der Waals surface area contributed by atoms with Crippen LogP contribution in [0.4, 0.5) is 0 Å². The summed E-state index contributed by atoms with van der Waals surface area (Å²) in [6.07, 6.45) is 39.9. The van der Waals surface area contributed by atoms with Gasteiger partial charge in [0.15, 0.2) is 0 Å². The average molecular weight is 870 g/mol. The number of esters is 2. The second-order valence-corrected chi connectivity index (χ2v) is 20.9. The van der Waals surface area contributed by atoms with Crippen LogP contribution < -0.4 is 0 Å². The quantitative estimate of drug-likeness (QED) is 0.0478. The highest BCUT2D eigenvalue weighted by Gasteiger charge is 2.22. The lowest BCUT2D eigenvalue weighted by atomic mass is 9.99. The number of hydrogen-bond acceptors (Lipinski definition) is 9. The maximum Gasteiger partial charge on any atom is 0.306 e. The van der Waals surface area contributed by atoms with Gasteiger partial charge in [-0.05, 0) is 84.1 Å². The van der Waals surface area contributed by atoms with Crippen LogP contribution in [0.5, 0.6) is 0 Å². The molecule has 0 aromatic carbocycles. The highest BCUT2D eigenvalue weighted by Crippen LogP contribution is 2.31. The summed E-state index contributed by atoms with van der Waals surface area (Å²) in [6, 6.07) is 0.442. The minimum atomic E-state index is 0.00669. The fourth-order valence-corrected chi connectivity index (χ4v) is 11.7. The second kappa shape index (κ2) is 39.1. The van der Waals surface area contributed by atoms with Crippen LogP contribution >= 0.6 is 23.5 Å². The molecule has 0 radical (unpaired) electrons. The van der Waals surface area contributed by atoms with Gasteiger partial charge in [0.1, 0.15) is 12.2 Å². The summed E-state index contributed by atoms with van der Waals surface area (Å²) in [5.74, 6) is 1.88. The van der Waals surface area contributed by atoms with Crippen LogP contribution in [0.1, 0.15) is 232 Å². The van der Waals surface area contributed by atoms with Crippen LogP contribution in [0, 0.1) is 0 Å². The summed E-state index contributed by atoms with van der Waals surface area (Å²) < 4.78 is 18.1. The molecule has 9 heteroatoms. The Kier molecular flexibility index (Phi) is 36.3. The van der Waals surface area contributed by atoms with E-state index in [-0.39, 0.29) is 30.8 Å². The van der Waals surface area contributed by atoms with Crippen molar-refractivity contribution >= 4 is 35.5 Å². The Labute approximate surface area is 373 Å². The molecule has 2 aliphatic carbocycles. The summed E-state index contributed by atoms with van der Waals surface area (Å²) in [5.41, 5.74) is 0. The highest BCUT2D eigenvalue weighted by atomic mass is 32.2. The molecule has 0 amide bonds. The van der Waals surface area contributed by atoms with E-state index in [4.69, 9.17) is 14.2 Å². The van der Waals surface area contributed by atoms with E-state index in [9.17, 15) is 14.7 Å². The van der Waals surface area contributed by atoms with Crippen molar-refractivity contribution in [1.82, 2.24) is 4.90 Å². The molecule has 2 atom stereocenters. The van der Waals surface area contributed by atoms with Gasteiger partial charge >= 0.3 is 11.9 Å². The summed E-state index contributed by atoms with van der Waals surface area (Å²) in [6.45, 7) is 6.41. The molecule has 1 N–H and O–H groups in total. The number of carbonyl (C=O) groups excluding carboxylic acids is 2. The lowest BCUT2D eigenvalue weighted by molar-refractivity contribution is -0.149. The van der Waals surface area contributed by atoms with Crippen molar-refractivity contribution in [1.29, 1.82) is 0 Å². The van der Waals surface area contributed by atoms with Crippen LogP contribution in [-0.4, -0.2) is 95.6 Å². The number of aliphatic hydroxyl groups is 1. The van der Waals surface area contributed by atoms with Gasteiger partial charge in [-0.1, -0.05) is 142 Å². The average Bonchev–Trinajstić information content (AvgIpc) is 3.25. The summed E-state index contributed by atoms with van der Waals surface area (Å²) >= 11 is 4.12. The first-order valence-corrected chi connectivity index (χ1v) is 27.6. The Balaban J connectivity index is 1.88. The molecule has 7 nitrogen and oxygen atoms in total. The molecule has 2 aliphatic rings. The molecule has 0 heterocycles. The number of rotatable bonds is 40. The van der Waals surface area contributed by atoms with Gasteiger partial charge in [-0.3, -0.25) is 9.59 Å². The SMILES string of the molecule is CCCCCCCCCC(=O)OC(CCCCC(CCCCC(CSC1CCCCC1)OC(=O)CCCCCCCCC)N(C)CCOCCO)CSC1CCCCC1. The molecule has 2 unspecified atom stereocenters. The van der Waals surface area contributed by atoms with Crippen LogP contribution in [0.3, 0.4) is 0 Å². The summed E-state index contributed by atoms with van der Waals surface area (Å²) in [4.78, 5) is 28.4. The van der Waals surface area contributed by atoms with E-state index in [0.717, 1.165) is 106 Å². The minimum absolute atomic E-state index is 0.00669. The van der Waals surface area contributed by atoms with E-state index in [1.165, 1.54) is 128 Å². The maximum absolute atomic E-state index is 13.0. The van der Waals surface area contributed by atoms with E-state index in [1.54, 1.807) is 0 Å². The van der Waals surface area contributed by atoms with E-state index < -0.39 is 0 Å². The van der Waals surface area contributed by atoms with Crippen molar-refractivity contribution in [3.8, 4) is 0 Å². The fourth-order valence-electron chi connectivity index (χ4n) is 8.89. The van der Waals surface area contributed by atoms with Gasteiger partial charge in [0, 0.05) is 47.4 Å². The lowest BCUT2D eigenvalue weighted by Gasteiger charge is -2.29. The van der Waals surface area contributed by atoms with Crippen molar-refractivity contribution in [3.63, 3.8) is 0 Å². The van der Waals surface area contributed by atoms with Crippen LogP contribution in [-0.2, 0) is 23.8 Å². The summed E-state index contributed by atoms with van der Waals surface area (Å²) in [5, 5.41) is 10.7. The molecule has 2 fully saturated rings. The molecule has 59 heavy (non-hydrogen) atoms. The number of likely N-dealkylation sites (N-methyl/N-ethyl adjacent to an activating group) is 1. The molecular formula is C50H95NO6S2. The molecule has 0 saturated heterocycles. The monoisotopic (exact) mass is 870 g/mol. The molecule has 0 spiro atoms. The molecule has 2 saturated carbocycles. The number of carbonyl (C=O) groups is 2. The number of aliphatic hydroxyl groups excluding tert-OH is 1. The smallest absolute Gasteiger partial charge is 0.306 e. The molecule has 0 bridgehead atoms. The van der Waals surface area contributed by atoms with Crippen molar-refractivity contribution in [2.24, 2.45) is 0 Å². The van der Waals surface area contributed by atoms with Crippen LogP contribution in [0.2, 0.25) is 0 Å². The first kappa shape index (κ1) is 54.7. The number of hydrogen-bond donors (Lipinski definition) is 1. The molecular weight excluding hydrogens is 775 g/mol. The van der Waals surface area contributed by atoms with Gasteiger partial charge in [0.05, 0.1) is 19.8 Å². The Hall–Kier alpha value is -0.480. The van der Waals surface area contributed by atoms with Crippen molar-refractivity contribution in [2.45, 2.75) is 261 Å². The molecule has 348 valence electrons. The molecule has 0 aromatic rings. The zero-order chi connectivity index (χ0) is 42.4.